The fourth-order valence-electron chi connectivity index (χ4n) is 2.93. The number of nitrogens with two attached hydrogens (primary N) is 1. The van der Waals surface area contributed by atoms with Crippen molar-refractivity contribution in [3.05, 3.63) is 0 Å². The molecule has 2 fully saturated rings. The van der Waals surface area contributed by atoms with E-state index in [1.165, 1.54) is 44.9 Å². The Labute approximate surface area is 93.6 Å². The van der Waals surface area contributed by atoms with Crippen LogP contribution in [-0.4, -0.2) is 18.8 Å². The van der Waals surface area contributed by atoms with Crippen molar-refractivity contribution in [1.29, 1.82) is 0 Å². The molecular weight excluding hydrogens is 186 g/mol. The van der Waals surface area contributed by atoms with E-state index in [-0.39, 0.29) is 0 Å². The topological polar surface area (TPSA) is 35.2 Å². The van der Waals surface area contributed by atoms with Crippen molar-refractivity contribution in [2.45, 2.75) is 64.1 Å². The van der Waals surface area contributed by atoms with Gasteiger partial charge in [0.05, 0.1) is 12.2 Å². The van der Waals surface area contributed by atoms with E-state index in [2.05, 4.69) is 6.92 Å². The van der Waals surface area contributed by atoms with Gasteiger partial charge < -0.3 is 10.5 Å². The molecule has 2 nitrogen and oxygen atoms in total. The maximum absolute atomic E-state index is 6.10. The van der Waals surface area contributed by atoms with Crippen LogP contribution in [0, 0.1) is 11.8 Å². The lowest BCUT2D eigenvalue weighted by Gasteiger charge is -2.38. The maximum Gasteiger partial charge on any atom is 0.0585 e. The second-order valence-electron chi connectivity index (χ2n) is 5.38. The molecule has 0 aromatic carbocycles. The lowest BCUT2D eigenvalue weighted by atomic mass is 9.81. The van der Waals surface area contributed by atoms with Crippen molar-refractivity contribution >= 4 is 0 Å². The fourth-order valence-corrected chi connectivity index (χ4v) is 2.93. The summed E-state index contributed by atoms with van der Waals surface area (Å²) < 4.78 is 6.10. The molecule has 0 aliphatic heterocycles. The Bertz CT molecular complexity index is 181. The van der Waals surface area contributed by atoms with Gasteiger partial charge in [-0.25, -0.2) is 0 Å². The molecule has 0 saturated heterocycles. The fraction of sp³-hybridized carbons (Fsp3) is 1.00. The van der Waals surface area contributed by atoms with Crippen molar-refractivity contribution in [3.8, 4) is 0 Å². The van der Waals surface area contributed by atoms with Gasteiger partial charge in [-0.15, -0.1) is 0 Å². The molecule has 0 heterocycles. The molecule has 0 aromatic heterocycles. The van der Waals surface area contributed by atoms with Gasteiger partial charge >= 0.3 is 0 Å². The zero-order valence-electron chi connectivity index (χ0n) is 9.95. The molecule has 88 valence electrons. The first kappa shape index (κ1) is 11.4. The number of ether oxygens (including phenoxy) is 1. The van der Waals surface area contributed by atoms with Crippen LogP contribution in [0.15, 0.2) is 0 Å². The summed E-state index contributed by atoms with van der Waals surface area (Å²) in [4.78, 5) is 0. The first-order chi connectivity index (χ1) is 7.31. The van der Waals surface area contributed by atoms with Crippen LogP contribution in [0.2, 0.25) is 0 Å². The largest absolute Gasteiger partial charge is 0.375 e. The number of hydrogen-bond acceptors (Lipinski definition) is 2. The van der Waals surface area contributed by atoms with Gasteiger partial charge in [0.2, 0.25) is 0 Å². The lowest BCUT2D eigenvalue weighted by molar-refractivity contribution is -0.0890. The van der Waals surface area contributed by atoms with Crippen molar-refractivity contribution in [3.63, 3.8) is 0 Å². The summed E-state index contributed by atoms with van der Waals surface area (Å²) in [6, 6.07) is 0. The van der Waals surface area contributed by atoms with Gasteiger partial charge in [0.25, 0.3) is 0 Å². The highest BCUT2D eigenvalue weighted by Gasteiger charge is 2.31. The molecule has 2 N–H and O–H groups in total. The second kappa shape index (κ2) is 5.31. The summed E-state index contributed by atoms with van der Waals surface area (Å²) >= 11 is 0. The predicted molar refractivity (Wildman–Crippen MR) is 62.7 cm³/mol. The van der Waals surface area contributed by atoms with Gasteiger partial charge in [-0.3, -0.25) is 0 Å². The molecule has 0 atom stereocenters. The summed E-state index contributed by atoms with van der Waals surface area (Å²) in [7, 11) is 0. The van der Waals surface area contributed by atoms with E-state index < -0.39 is 0 Å². The maximum atomic E-state index is 6.10. The van der Waals surface area contributed by atoms with E-state index in [1.807, 2.05) is 0 Å². The molecule has 15 heavy (non-hydrogen) atoms. The highest BCUT2D eigenvalue weighted by molar-refractivity contribution is 4.83. The van der Waals surface area contributed by atoms with Crippen molar-refractivity contribution in [2.24, 2.45) is 17.6 Å². The third kappa shape index (κ3) is 2.94. The van der Waals surface area contributed by atoms with Crippen LogP contribution in [0.4, 0.5) is 0 Å². The third-order valence-electron chi connectivity index (χ3n) is 4.28. The molecule has 0 spiro atoms. The van der Waals surface area contributed by atoms with E-state index in [1.54, 1.807) is 0 Å². The Balaban J connectivity index is 1.61. The molecular formula is C13H25NO. The summed E-state index contributed by atoms with van der Waals surface area (Å²) in [6.07, 6.45) is 10.2. The SMILES string of the molecule is CCC1CCC(OC2CC(CN)C2)CC1. The van der Waals surface area contributed by atoms with Crippen LogP contribution in [0.5, 0.6) is 0 Å². The minimum atomic E-state index is 0.543. The molecule has 0 bridgehead atoms. The normalized spacial score (nSPS) is 41.2. The Hall–Kier alpha value is -0.0800. The summed E-state index contributed by atoms with van der Waals surface area (Å²) in [5.41, 5.74) is 5.61. The zero-order valence-corrected chi connectivity index (χ0v) is 9.95. The highest BCUT2D eigenvalue weighted by Crippen LogP contribution is 2.34. The number of rotatable bonds is 4. The van der Waals surface area contributed by atoms with Gasteiger partial charge in [-0.2, -0.15) is 0 Å². The molecule has 2 aliphatic rings. The van der Waals surface area contributed by atoms with Gasteiger partial charge in [0.15, 0.2) is 0 Å². The third-order valence-corrected chi connectivity index (χ3v) is 4.28. The van der Waals surface area contributed by atoms with Crippen LogP contribution in [-0.2, 0) is 4.74 Å². The van der Waals surface area contributed by atoms with E-state index in [9.17, 15) is 0 Å². The molecule has 0 aromatic rings. The van der Waals surface area contributed by atoms with E-state index in [4.69, 9.17) is 10.5 Å². The Morgan fingerprint density at radius 2 is 1.67 bits per heavy atom. The standard InChI is InChI=1S/C13H25NO/c1-2-10-3-5-12(6-4-10)15-13-7-11(8-13)9-14/h10-13H,2-9,14H2,1H3. The Kier molecular flexibility index (Phi) is 4.04. The quantitative estimate of drug-likeness (QED) is 0.776. The molecule has 2 aliphatic carbocycles. The smallest absolute Gasteiger partial charge is 0.0585 e. The summed E-state index contributed by atoms with van der Waals surface area (Å²) in [6.45, 7) is 3.16. The van der Waals surface area contributed by atoms with Gasteiger partial charge in [-0.1, -0.05) is 13.3 Å². The molecule has 2 heteroatoms. The molecule has 0 unspecified atom stereocenters. The van der Waals surface area contributed by atoms with Crippen LogP contribution in [0.3, 0.4) is 0 Å². The minimum absolute atomic E-state index is 0.543. The van der Waals surface area contributed by atoms with E-state index >= 15 is 0 Å². The van der Waals surface area contributed by atoms with Gasteiger partial charge in [-0.05, 0) is 56.9 Å². The summed E-state index contributed by atoms with van der Waals surface area (Å²) in [5, 5.41) is 0. The monoisotopic (exact) mass is 211 g/mol. The van der Waals surface area contributed by atoms with Crippen molar-refractivity contribution in [2.75, 3.05) is 6.54 Å². The highest BCUT2D eigenvalue weighted by atomic mass is 16.5. The van der Waals surface area contributed by atoms with Crippen molar-refractivity contribution < 1.29 is 4.74 Å². The Morgan fingerprint density at radius 3 is 2.20 bits per heavy atom. The number of hydrogen-bond donors (Lipinski definition) is 1. The first-order valence-electron chi connectivity index (χ1n) is 6.67. The second-order valence-corrected chi connectivity index (χ2v) is 5.38. The average Bonchev–Trinajstić information content (AvgIpc) is 2.23. The lowest BCUT2D eigenvalue weighted by Crippen LogP contribution is -2.39. The predicted octanol–water partition coefficient (Wildman–Crippen LogP) is 2.71. The van der Waals surface area contributed by atoms with E-state index in [0.29, 0.717) is 12.2 Å². The van der Waals surface area contributed by atoms with Gasteiger partial charge in [0.1, 0.15) is 0 Å². The molecule has 0 amide bonds. The van der Waals surface area contributed by atoms with Crippen molar-refractivity contribution in [1.82, 2.24) is 0 Å². The van der Waals surface area contributed by atoms with Crippen LogP contribution < -0.4 is 5.73 Å². The van der Waals surface area contributed by atoms with Gasteiger partial charge in [0, 0.05) is 0 Å². The summed E-state index contributed by atoms with van der Waals surface area (Å²) in [5.74, 6) is 1.73. The van der Waals surface area contributed by atoms with E-state index in [0.717, 1.165) is 18.4 Å². The first-order valence-corrected chi connectivity index (χ1v) is 6.67. The average molecular weight is 211 g/mol. The Morgan fingerprint density at radius 1 is 1.00 bits per heavy atom. The minimum Gasteiger partial charge on any atom is -0.375 e. The van der Waals surface area contributed by atoms with Crippen LogP contribution in [0.1, 0.15) is 51.9 Å². The molecule has 2 saturated carbocycles. The van der Waals surface area contributed by atoms with Crippen LogP contribution >= 0.6 is 0 Å². The molecule has 0 radical (unpaired) electrons. The molecule has 2 rings (SSSR count). The van der Waals surface area contributed by atoms with Crippen LogP contribution in [0.25, 0.3) is 0 Å². The zero-order chi connectivity index (χ0) is 10.7.